The Hall–Kier alpha value is -1.56. The molecule has 0 aliphatic rings. The number of hydrogen-bond donors (Lipinski definition) is 1. The normalized spacial score (nSPS) is 10.2. The molecule has 1 N–H and O–H groups in total. The monoisotopic (exact) mass is 312 g/mol. The fraction of sp³-hybridized carbons (Fsp3) is 0.467. The van der Waals surface area contributed by atoms with Crippen LogP contribution in [0.2, 0.25) is 0 Å². The summed E-state index contributed by atoms with van der Waals surface area (Å²) in [5, 5.41) is 2.67. The van der Waals surface area contributed by atoms with Gasteiger partial charge in [-0.2, -0.15) is 0 Å². The van der Waals surface area contributed by atoms with Gasteiger partial charge in [-0.3, -0.25) is 9.59 Å². The number of nitrogens with one attached hydrogen (secondary N) is 1. The number of carbonyl (C=O) groups is 2. The van der Waals surface area contributed by atoms with Crippen molar-refractivity contribution in [2.24, 2.45) is 0 Å². The van der Waals surface area contributed by atoms with Crippen LogP contribution in [0.5, 0.6) is 0 Å². The van der Waals surface area contributed by atoms with Crippen LogP contribution in [0.4, 0.5) is 4.39 Å². The van der Waals surface area contributed by atoms with Crippen LogP contribution < -0.4 is 5.32 Å². The van der Waals surface area contributed by atoms with Crippen molar-refractivity contribution in [3.8, 4) is 0 Å². The molecule has 116 valence electrons. The maximum Gasteiger partial charge on any atom is 0.239 e. The summed E-state index contributed by atoms with van der Waals surface area (Å²) in [6.07, 6.45) is 0.284. The minimum Gasteiger partial charge on any atom is -0.355 e. The summed E-state index contributed by atoms with van der Waals surface area (Å²) in [5.41, 5.74) is 0. The van der Waals surface area contributed by atoms with Gasteiger partial charge in [-0.15, -0.1) is 11.8 Å². The van der Waals surface area contributed by atoms with E-state index in [0.717, 1.165) is 0 Å². The lowest BCUT2D eigenvalue weighted by molar-refractivity contribution is -0.135. The third-order valence-corrected chi connectivity index (χ3v) is 3.90. The number of thioether (sulfide) groups is 1. The molecule has 0 bridgehead atoms. The lowest BCUT2D eigenvalue weighted by atomic mass is 10.3. The first-order valence-electron chi connectivity index (χ1n) is 7.00. The highest BCUT2D eigenvalue weighted by Gasteiger charge is 2.15. The van der Waals surface area contributed by atoms with Crippen molar-refractivity contribution in [2.45, 2.75) is 25.2 Å². The number of amides is 2. The van der Waals surface area contributed by atoms with E-state index >= 15 is 0 Å². The zero-order chi connectivity index (χ0) is 15.7. The van der Waals surface area contributed by atoms with Crippen LogP contribution in [0.3, 0.4) is 0 Å². The average Bonchev–Trinajstić information content (AvgIpc) is 2.47. The summed E-state index contributed by atoms with van der Waals surface area (Å²) in [6, 6.07) is 6.49. The number of hydrogen-bond acceptors (Lipinski definition) is 3. The highest BCUT2D eigenvalue weighted by molar-refractivity contribution is 7.99. The van der Waals surface area contributed by atoms with Gasteiger partial charge < -0.3 is 10.2 Å². The van der Waals surface area contributed by atoms with Gasteiger partial charge in [0.05, 0.1) is 6.54 Å². The van der Waals surface area contributed by atoms with E-state index in [-0.39, 0.29) is 30.6 Å². The largest absolute Gasteiger partial charge is 0.355 e. The Morgan fingerprint density at radius 1 is 1.29 bits per heavy atom. The summed E-state index contributed by atoms with van der Waals surface area (Å²) < 4.78 is 13.4. The zero-order valence-corrected chi connectivity index (χ0v) is 13.2. The molecule has 0 aliphatic carbocycles. The molecule has 0 saturated carbocycles. The van der Waals surface area contributed by atoms with Gasteiger partial charge in [0, 0.05) is 30.2 Å². The fourth-order valence-corrected chi connectivity index (χ4v) is 2.65. The zero-order valence-electron chi connectivity index (χ0n) is 12.4. The lowest BCUT2D eigenvalue weighted by Gasteiger charge is -2.20. The molecule has 6 heteroatoms. The highest BCUT2D eigenvalue weighted by atomic mass is 32.2. The number of halogens is 1. The summed E-state index contributed by atoms with van der Waals surface area (Å²) in [6.45, 7) is 4.78. The second kappa shape index (κ2) is 9.39. The average molecular weight is 312 g/mol. The molecule has 0 aliphatic heterocycles. The second-order valence-electron chi connectivity index (χ2n) is 4.39. The fourth-order valence-electron chi connectivity index (χ4n) is 1.77. The Kier molecular flexibility index (Phi) is 7.82. The van der Waals surface area contributed by atoms with Crippen LogP contribution in [0.1, 0.15) is 20.3 Å². The predicted molar refractivity (Wildman–Crippen MR) is 82.7 cm³/mol. The van der Waals surface area contributed by atoms with Gasteiger partial charge in [-0.05, 0) is 26.0 Å². The van der Waals surface area contributed by atoms with Crippen molar-refractivity contribution >= 4 is 23.6 Å². The number of likely N-dealkylation sites (N-methyl/N-ethyl adjacent to an activating group) is 2. The molecule has 4 nitrogen and oxygen atoms in total. The first-order valence-corrected chi connectivity index (χ1v) is 7.98. The molecule has 0 saturated heterocycles. The van der Waals surface area contributed by atoms with Crippen LogP contribution in [0.25, 0.3) is 0 Å². The van der Waals surface area contributed by atoms with E-state index in [0.29, 0.717) is 23.7 Å². The minimum absolute atomic E-state index is 0.0769. The molecule has 0 aromatic heterocycles. The molecule has 1 rings (SSSR count). The molecule has 1 aromatic rings. The molecule has 0 heterocycles. The van der Waals surface area contributed by atoms with E-state index in [1.165, 1.54) is 22.7 Å². The molecular formula is C15H21FN2O2S. The van der Waals surface area contributed by atoms with Crippen LogP contribution in [0, 0.1) is 5.82 Å². The summed E-state index contributed by atoms with van der Waals surface area (Å²) in [4.78, 5) is 25.6. The Morgan fingerprint density at radius 3 is 2.62 bits per heavy atom. The van der Waals surface area contributed by atoms with Crippen molar-refractivity contribution in [1.82, 2.24) is 10.2 Å². The van der Waals surface area contributed by atoms with Crippen molar-refractivity contribution in [3.05, 3.63) is 30.1 Å². The minimum atomic E-state index is -0.273. The van der Waals surface area contributed by atoms with E-state index < -0.39 is 0 Å². The van der Waals surface area contributed by atoms with Gasteiger partial charge >= 0.3 is 0 Å². The van der Waals surface area contributed by atoms with E-state index in [1.54, 1.807) is 18.2 Å². The molecular weight excluding hydrogens is 291 g/mol. The Bertz CT molecular complexity index is 482. The Labute approximate surface area is 129 Å². The van der Waals surface area contributed by atoms with E-state index in [1.807, 2.05) is 13.8 Å². The summed E-state index contributed by atoms with van der Waals surface area (Å²) in [7, 11) is 0. The maximum atomic E-state index is 13.4. The van der Waals surface area contributed by atoms with Crippen molar-refractivity contribution in [2.75, 3.05) is 25.4 Å². The number of rotatable bonds is 8. The number of nitrogens with zero attached hydrogens (tertiary/aromatic N) is 1. The van der Waals surface area contributed by atoms with E-state index in [4.69, 9.17) is 0 Å². The van der Waals surface area contributed by atoms with Crippen molar-refractivity contribution in [1.29, 1.82) is 0 Å². The summed E-state index contributed by atoms with van der Waals surface area (Å²) in [5.74, 6) is -0.0299. The first-order chi connectivity index (χ1) is 10.1. The standard InChI is InChI=1S/C15H21FN2O2S/c1-3-17-14(19)11-18(4-2)15(20)9-10-21-13-8-6-5-7-12(13)16/h5-8H,3-4,9-11H2,1-2H3,(H,17,19). The van der Waals surface area contributed by atoms with E-state index in [9.17, 15) is 14.0 Å². The topological polar surface area (TPSA) is 49.4 Å². The van der Waals surface area contributed by atoms with Crippen molar-refractivity contribution in [3.63, 3.8) is 0 Å². The molecule has 2 amide bonds. The van der Waals surface area contributed by atoms with Gasteiger partial charge in [0.2, 0.25) is 11.8 Å². The van der Waals surface area contributed by atoms with Crippen molar-refractivity contribution < 1.29 is 14.0 Å². The van der Waals surface area contributed by atoms with Crippen LogP contribution in [-0.2, 0) is 9.59 Å². The number of benzene rings is 1. The molecule has 0 fully saturated rings. The molecule has 0 radical (unpaired) electrons. The third kappa shape index (κ3) is 6.16. The number of carbonyl (C=O) groups excluding carboxylic acids is 2. The van der Waals surface area contributed by atoms with Gasteiger partial charge in [0.25, 0.3) is 0 Å². The predicted octanol–water partition coefficient (Wildman–Crippen LogP) is 2.29. The first kappa shape index (κ1) is 17.5. The van der Waals surface area contributed by atoms with Gasteiger partial charge in [-0.1, -0.05) is 12.1 Å². The molecule has 0 spiro atoms. The highest BCUT2D eigenvalue weighted by Crippen LogP contribution is 2.21. The molecule has 0 atom stereocenters. The lowest BCUT2D eigenvalue weighted by Crippen LogP contribution is -2.40. The van der Waals surface area contributed by atoms with E-state index in [2.05, 4.69) is 5.32 Å². The molecule has 21 heavy (non-hydrogen) atoms. The quantitative estimate of drug-likeness (QED) is 0.749. The van der Waals surface area contributed by atoms with Crippen LogP contribution in [-0.4, -0.2) is 42.1 Å². The molecule has 1 aromatic carbocycles. The Morgan fingerprint density at radius 2 is 2.00 bits per heavy atom. The van der Waals surface area contributed by atoms with Gasteiger partial charge in [0.1, 0.15) is 5.82 Å². The van der Waals surface area contributed by atoms with Gasteiger partial charge in [0.15, 0.2) is 0 Å². The third-order valence-electron chi connectivity index (χ3n) is 2.85. The SMILES string of the molecule is CCNC(=O)CN(CC)C(=O)CCSc1ccccc1F. The van der Waals surface area contributed by atoms with Crippen LogP contribution in [0.15, 0.2) is 29.2 Å². The Balaban J connectivity index is 2.41. The second-order valence-corrected chi connectivity index (χ2v) is 5.53. The smallest absolute Gasteiger partial charge is 0.239 e. The van der Waals surface area contributed by atoms with Gasteiger partial charge in [-0.25, -0.2) is 4.39 Å². The molecule has 0 unspecified atom stereocenters. The van der Waals surface area contributed by atoms with Crippen LogP contribution >= 0.6 is 11.8 Å². The maximum absolute atomic E-state index is 13.4. The summed E-state index contributed by atoms with van der Waals surface area (Å²) >= 11 is 1.31.